The smallest absolute Gasteiger partial charge is 0.335 e. The van der Waals surface area contributed by atoms with Crippen LogP contribution in [0.2, 0.25) is 5.02 Å². The average Bonchev–Trinajstić information content (AvgIpc) is 2.45. The molecule has 1 aromatic rings. The van der Waals surface area contributed by atoms with Crippen molar-refractivity contribution in [3.05, 3.63) is 28.3 Å². The van der Waals surface area contributed by atoms with Gasteiger partial charge in [-0.15, -0.1) is 0 Å². The third-order valence-electron chi connectivity index (χ3n) is 2.19. The molecule has 0 saturated carbocycles. The van der Waals surface area contributed by atoms with Gasteiger partial charge in [0.25, 0.3) is 0 Å². The molecule has 0 radical (unpaired) electrons. The zero-order valence-corrected chi connectivity index (χ0v) is 8.34. The van der Waals surface area contributed by atoms with Crippen LogP contribution in [0.1, 0.15) is 22.8 Å². The second kappa shape index (κ2) is 3.17. The van der Waals surface area contributed by atoms with Crippen molar-refractivity contribution in [2.75, 3.05) is 0 Å². The number of carboxylic acids is 1. The van der Waals surface area contributed by atoms with Gasteiger partial charge in [0.05, 0.1) is 10.6 Å². The quantitative estimate of drug-likeness (QED) is 0.778. The van der Waals surface area contributed by atoms with Crippen molar-refractivity contribution in [3.8, 4) is 5.75 Å². The molecule has 3 nitrogen and oxygen atoms in total. The van der Waals surface area contributed by atoms with Crippen LogP contribution in [-0.2, 0) is 6.42 Å². The van der Waals surface area contributed by atoms with Gasteiger partial charge in [0.1, 0.15) is 11.9 Å². The second-order valence-corrected chi connectivity index (χ2v) is 3.79. The lowest BCUT2D eigenvalue weighted by Crippen LogP contribution is -2.05. The van der Waals surface area contributed by atoms with E-state index in [0.717, 1.165) is 12.0 Å². The molecule has 0 aromatic heterocycles. The molecule has 0 saturated heterocycles. The molecule has 4 heteroatoms. The summed E-state index contributed by atoms with van der Waals surface area (Å²) in [5.74, 6) is -0.335. The maximum absolute atomic E-state index is 10.7. The van der Waals surface area contributed by atoms with Gasteiger partial charge in [0.2, 0.25) is 0 Å². The number of halogens is 1. The van der Waals surface area contributed by atoms with Crippen molar-refractivity contribution in [2.24, 2.45) is 0 Å². The highest BCUT2D eigenvalue weighted by Crippen LogP contribution is 2.36. The highest BCUT2D eigenvalue weighted by molar-refractivity contribution is 6.32. The number of benzene rings is 1. The largest absolute Gasteiger partial charge is 0.489 e. The SMILES string of the molecule is CC1Cc2cc(C(=O)O)cc(Cl)c2O1. The highest BCUT2D eigenvalue weighted by Gasteiger charge is 2.23. The topological polar surface area (TPSA) is 46.5 Å². The van der Waals surface area contributed by atoms with E-state index in [1.165, 1.54) is 6.07 Å². The number of ether oxygens (including phenoxy) is 1. The van der Waals surface area contributed by atoms with Crippen LogP contribution >= 0.6 is 11.6 Å². The zero-order valence-electron chi connectivity index (χ0n) is 7.58. The van der Waals surface area contributed by atoms with Crippen LogP contribution < -0.4 is 4.74 Å². The molecule has 0 amide bonds. The van der Waals surface area contributed by atoms with Crippen LogP contribution in [0.15, 0.2) is 12.1 Å². The Bertz CT molecular complexity index is 401. The van der Waals surface area contributed by atoms with Gasteiger partial charge in [-0.05, 0) is 19.1 Å². The van der Waals surface area contributed by atoms with Crippen LogP contribution in [0.5, 0.6) is 5.75 Å². The van der Waals surface area contributed by atoms with E-state index in [-0.39, 0.29) is 11.7 Å². The zero-order chi connectivity index (χ0) is 10.3. The molecule has 0 bridgehead atoms. The maximum atomic E-state index is 10.7. The Balaban J connectivity index is 2.51. The van der Waals surface area contributed by atoms with Gasteiger partial charge in [-0.1, -0.05) is 11.6 Å². The first kappa shape index (κ1) is 9.34. The van der Waals surface area contributed by atoms with Crippen molar-refractivity contribution in [1.82, 2.24) is 0 Å². The van der Waals surface area contributed by atoms with E-state index in [1.807, 2.05) is 6.92 Å². The van der Waals surface area contributed by atoms with E-state index in [1.54, 1.807) is 6.07 Å². The minimum atomic E-state index is -0.964. The first-order valence-corrected chi connectivity index (χ1v) is 4.68. The molecule has 0 aliphatic carbocycles. The number of hydrogen-bond acceptors (Lipinski definition) is 2. The minimum Gasteiger partial charge on any atom is -0.489 e. The number of fused-ring (bicyclic) bond motifs is 1. The molecule has 1 aliphatic heterocycles. The van der Waals surface area contributed by atoms with Crippen LogP contribution in [0.25, 0.3) is 0 Å². The van der Waals surface area contributed by atoms with E-state index in [4.69, 9.17) is 21.4 Å². The average molecular weight is 213 g/mol. The first-order valence-electron chi connectivity index (χ1n) is 4.30. The van der Waals surface area contributed by atoms with Gasteiger partial charge in [-0.2, -0.15) is 0 Å². The highest BCUT2D eigenvalue weighted by atomic mass is 35.5. The molecule has 74 valence electrons. The predicted octanol–water partition coefficient (Wildman–Crippen LogP) is 2.36. The molecular formula is C10H9ClO3. The molecule has 14 heavy (non-hydrogen) atoms. The molecule has 1 atom stereocenters. The molecule has 1 heterocycles. The van der Waals surface area contributed by atoms with Crippen molar-refractivity contribution in [3.63, 3.8) is 0 Å². The summed E-state index contributed by atoms with van der Waals surface area (Å²) in [5.41, 5.74) is 1.09. The number of aromatic carboxylic acids is 1. The van der Waals surface area contributed by atoms with Crippen molar-refractivity contribution < 1.29 is 14.6 Å². The summed E-state index contributed by atoms with van der Waals surface area (Å²) < 4.78 is 5.45. The molecule has 0 spiro atoms. The molecule has 0 fully saturated rings. The van der Waals surface area contributed by atoms with Gasteiger partial charge >= 0.3 is 5.97 Å². The van der Waals surface area contributed by atoms with Gasteiger partial charge in [0.15, 0.2) is 0 Å². The van der Waals surface area contributed by atoms with E-state index in [0.29, 0.717) is 10.8 Å². The Morgan fingerprint density at radius 2 is 2.36 bits per heavy atom. The van der Waals surface area contributed by atoms with Crippen LogP contribution in [-0.4, -0.2) is 17.2 Å². The Morgan fingerprint density at radius 1 is 1.64 bits per heavy atom. The van der Waals surface area contributed by atoms with Gasteiger partial charge in [-0.3, -0.25) is 0 Å². The van der Waals surface area contributed by atoms with Crippen molar-refractivity contribution in [2.45, 2.75) is 19.4 Å². The molecule has 1 unspecified atom stereocenters. The monoisotopic (exact) mass is 212 g/mol. The standard InChI is InChI=1S/C10H9ClO3/c1-5-2-6-3-7(10(12)13)4-8(11)9(6)14-5/h3-5H,2H2,1H3,(H,12,13). The van der Waals surface area contributed by atoms with Gasteiger partial charge < -0.3 is 9.84 Å². The van der Waals surface area contributed by atoms with E-state index in [9.17, 15) is 4.79 Å². The third-order valence-corrected chi connectivity index (χ3v) is 2.47. The molecule has 1 aromatic carbocycles. The predicted molar refractivity (Wildman–Crippen MR) is 52.2 cm³/mol. The lowest BCUT2D eigenvalue weighted by atomic mass is 10.1. The van der Waals surface area contributed by atoms with Crippen LogP contribution in [0, 0.1) is 0 Å². The normalized spacial score (nSPS) is 18.9. The van der Waals surface area contributed by atoms with Gasteiger partial charge in [0, 0.05) is 12.0 Å². The Kier molecular flexibility index (Phi) is 2.11. The fraction of sp³-hybridized carbons (Fsp3) is 0.300. The first-order chi connectivity index (χ1) is 6.58. The fourth-order valence-corrected chi connectivity index (χ4v) is 1.89. The summed E-state index contributed by atoms with van der Waals surface area (Å²) in [6.07, 6.45) is 0.794. The van der Waals surface area contributed by atoms with E-state index in [2.05, 4.69) is 0 Å². The molecule has 2 rings (SSSR count). The number of hydrogen-bond donors (Lipinski definition) is 1. The summed E-state index contributed by atoms with van der Waals surface area (Å²) in [6.45, 7) is 1.93. The van der Waals surface area contributed by atoms with E-state index < -0.39 is 5.97 Å². The minimum absolute atomic E-state index is 0.0755. The summed E-state index contributed by atoms with van der Waals surface area (Å²) in [4.78, 5) is 10.7. The second-order valence-electron chi connectivity index (χ2n) is 3.38. The lowest BCUT2D eigenvalue weighted by molar-refractivity contribution is 0.0697. The summed E-state index contributed by atoms with van der Waals surface area (Å²) >= 11 is 5.90. The van der Waals surface area contributed by atoms with Crippen LogP contribution in [0.4, 0.5) is 0 Å². The fourth-order valence-electron chi connectivity index (χ4n) is 1.61. The van der Waals surface area contributed by atoms with Crippen LogP contribution in [0.3, 0.4) is 0 Å². The molecule has 1 N–H and O–H groups in total. The van der Waals surface area contributed by atoms with Crippen molar-refractivity contribution >= 4 is 17.6 Å². The molecular weight excluding hydrogens is 204 g/mol. The van der Waals surface area contributed by atoms with Crippen molar-refractivity contribution in [1.29, 1.82) is 0 Å². The summed E-state index contributed by atoms with van der Waals surface area (Å²) in [5, 5.41) is 9.19. The number of rotatable bonds is 1. The maximum Gasteiger partial charge on any atom is 0.335 e. The van der Waals surface area contributed by atoms with E-state index >= 15 is 0 Å². The summed E-state index contributed by atoms with van der Waals surface area (Å²) in [7, 11) is 0. The molecule has 1 aliphatic rings. The third kappa shape index (κ3) is 1.44. The summed E-state index contributed by atoms with van der Waals surface area (Å²) in [6, 6.07) is 3.04. The Morgan fingerprint density at radius 3 is 3.00 bits per heavy atom. The number of carbonyl (C=O) groups is 1. The Hall–Kier alpha value is -1.22. The van der Waals surface area contributed by atoms with Gasteiger partial charge in [-0.25, -0.2) is 4.79 Å². The number of carboxylic acid groups (broad SMARTS) is 1. The Labute approximate surface area is 86.3 Å². The lowest BCUT2D eigenvalue weighted by Gasteiger charge is -2.04.